The molecule has 0 spiro atoms. The highest BCUT2D eigenvalue weighted by atomic mass is 16.5. The number of carbonyl (C=O) groups excluding carboxylic acids is 1. The maximum Gasteiger partial charge on any atom is 0.411 e. The summed E-state index contributed by atoms with van der Waals surface area (Å²) < 4.78 is 5.18. The molecule has 136 valence electrons. The fourth-order valence-electron chi connectivity index (χ4n) is 2.70. The maximum atomic E-state index is 11.9. The predicted molar refractivity (Wildman–Crippen MR) is 104 cm³/mol. The van der Waals surface area contributed by atoms with Gasteiger partial charge >= 0.3 is 12.1 Å². The van der Waals surface area contributed by atoms with E-state index in [-0.39, 0.29) is 12.2 Å². The van der Waals surface area contributed by atoms with Crippen LogP contribution < -0.4 is 5.32 Å². The predicted octanol–water partition coefficient (Wildman–Crippen LogP) is 5.11. The molecule has 2 N–H and O–H groups in total. The molecule has 5 heteroatoms. The van der Waals surface area contributed by atoms with Gasteiger partial charge in [-0.15, -0.1) is 0 Å². The molecule has 3 rings (SSSR count). The molecule has 0 atom stereocenters. The van der Waals surface area contributed by atoms with Gasteiger partial charge in [0.25, 0.3) is 0 Å². The lowest BCUT2D eigenvalue weighted by Gasteiger charge is -2.10. The van der Waals surface area contributed by atoms with Crippen LogP contribution in [0.4, 0.5) is 10.5 Å². The van der Waals surface area contributed by atoms with Gasteiger partial charge in [-0.3, -0.25) is 5.32 Å². The molecule has 0 saturated carbocycles. The lowest BCUT2D eigenvalue weighted by Crippen LogP contribution is -2.13. The topological polar surface area (TPSA) is 75.6 Å². The number of hydrogen-bond acceptors (Lipinski definition) is 3. The van der Waals surface area contributed by atoms with Gasteiger partial charge in [-0.2, -0.15) is 0 Å². The summed E-state index contributed by atoms with van der Waals surface area (Å²) in [7, 11) is 0. The van der Waals surface area contributed by atoms with Crippen LogP contribution in [-0.2, 0) is 11.3 Å². The molecular formula is C22H19NO4. The number of amides is 1. The number of carboxylic acid groups (broad SMARTS) is 1. The van der Waals surface area contributed by atoms with Crippen molar-refractivity contribution in [1.82, 2.24) is 0 Å². The lowest BCUT2D eigenvalue weighted by molar-refractivity contribution is 0.0697. The summed E-state index contributed by atoms with van der Waals surface area (Å²) in [6.07, 6.45) is -0.548. The normalized spacial score (nSPS) is 10.3. The molecule has 0 aliphatic rings. The minimum atomic E-state index is -0.972. The average Bonchev–Trinajstić information content (AvgIpc) is 2.68. The standard InChI is InChI=1S/C22H19NO4/c1-15-7-12-19(20(13-15)21(24)25)17-8-10-18(11-9-17)23-22(26)27-14-16-5-3-2-4-6-16/h2-13H,14H2,1H3,(H,23,26)(H,24,25). The van der Waals surface area contributed by atoms with Crippen LogP contribution in [0, 0.1) is 6.92 Å². The third kappa shape index (κ3) is 4.73. The van der Waals surface area contributed by atoms with E-state index in [0.717, 1.165) is 16.7 Å². The minimum Gasteiger partial charge on any atom is -0.478 e. The number of carbonyl (C=O) groups is 2. The van der Waals surface area contributed by atoms with E-state index in [1.807, 2.05) is 43.3 Å². The SMILES string of the molecule is Cc1ccc(-c2ccc(NC(=O)OCc3ccccc3)cc2)c(C(=O)O)c1. The summed E-state index contributed by atoms with van der Waals surface area (Å²) in [4.78, 5) is 23.4. The molecule has 0 fully saturated rings. The molecule has 0 heterocycles. The summed E-state index contributed by atoms with van der Waals surface area (Å²) in [5.74, 6) is -0.972. The van der Waals surface area contributed by atoms with Crippen molar-refractivity contribution in [2.24, 2.45) is 0 Å². The molecule has 5 nitrogen and oxygen atoms in total. The van der Waals surface area contributed by atoms with Gasteiger partial charge in [-0.25, -0.2) is 9.59 Å². The molecule has 0 unspecified atom stereocenters. The molecule has 0 radical (unpaired) electrons. The number of rotatable bonds is 5. The summed E-state index contributed by atoms with van der Waals surface area (Å²) in [5.41, 5.74) is 4.00. The van der Waals surface area contributed by atoms with Gasteiger partial charge in [0.2, 0.25) is 0 Å². The van der Waals surface area contributed by atoms with E-state index in [4.69, 9.17) is 4.74 Å². The largest absolute Gasteiger partial charge is 0.478 e. The first-order valence-corrected chi connectivity index (χ1v) is 8.45. The zero-order chi connectivity index (χ0) is 19.2. The van der Waals surface area contributed by atoms with E-state index in [0.29, 0.717) is 11.3 Å². The highest BCUT2D eigenvalue weighted by Crippen LogP contribution is 2.26. The summed E-state index contributed by atoms with van der Waals surface area (Å²) in [6, 6.07) is 21.7. The van der Waals surface area contributed by atoms with Crippen molar-refractivity contribution >= 4 is 17.7 Å². The molecule has 3 aromatic rings. The van der Waals surface area contributed by atoms with E-state index in [2.05, 4.69) is 5.32 Å². The molecule has 3 aromatic carbocycles. The highest BCUT2D eigenvalue weighted by Gasteiger charge is 2.12. The highest BCUT2D eigenvalue weighted by molar-refractivity contribution is 5.96. The fourth-order valence-corrected chi connectivity index (χ4v) is 2.70. The Bertz CT molecular complexity index is 950. The summed E-state index contributed by atoms with van der Waals surface area (Å²) >= 11 is 0. The van der Waals surface area contributed by atoms with Crippen LogP contribution in [-0.4, -0.2) is 17.2 Å². The lowest BCUT2D eigenvalue weighted by atomic mass is 9.97. The summed E-state index contributed by atoms with van der Waals surface area (Å²) in [5, 5.41) is 12.1. The molecule has 0 bridgehead atoms. The van der Waals surface area contributed by atoms with Crippen molar-refractivity contribution in [2.75, 3.05) is 5.32 Å². The van der Waals surface area contributed by atoms with Crippen molar-refractivity contribution in [1.29, 1.82) is 0 Å². The average molecular weight is 361 g/mol. The Hall–Kier alpha value is -3.60. The van der Waals surface area contributed by atoms with Crippen LogP contribution in [0.3, 0.4) is 0 Å². The summed E-state index contributed by atoms with van der Waals surface area (Å²) in [6.45, 7) is 2.04. The molecule has 0 aliphatic carbocycles. The Labute approximate surface area is 157 Å². The second-order valence-electron chi connectivity index (χ2n) is 6.12. The third-order valence-electron chi connectivity index (χ3n) is 4.06. The quantitative estimate of drug-likeness (QED) is 0.662. The Morgan fingerprint density at radius 2 is 1.67 bits per heavy atom. The van der Waals surface area contributed by atoms with Crippen molar-refractivity contribution in [3.05, 3.63) is 89.5 Å². The molecule has 27 heavy (non-hydrogen) atoms. The number of anilines is 1. The Morgan fingerprint density at radius 1 is 0.963 bits per heavy atom. The number of hydrogen-bond donors (Lipinski definition) is 2. The molecular weight excluding hydrogens is 342 g/mol. The van der Waals surface area contributed by atoms with E-state index < -0.39 is 12.1 Å². The Kier molecular flexibility index (Phi) is 5.52. The van der Waals surface area contributed by atoms with E-state index in [1.165, 1.54) is 0 Å². The van der Waals surface area contributed by atoms with Crippen LogP contribution >= 0.6 is 0 Å². The number of ether oxygens (including phenoxy) is 1. The van der Waals surface area contributed by atoms with E-state index in [1.54, 1.807) is 36.4 Å². The Morgan fingerprint density at radius 3 is 2.33 bits per heavy atom. The van der Waals surface area contributed by atoms with Gasteiger partial charge in [-0.05, 0) is 41.8 Å². The van der Waals surface area contributed by atoms with Gasteiger partial charge < -0.3 is 9.84 Å². The molecule has 1 amide bonds. The third-order valence-corrected chi connectivity index (χ3v) is 4.06. The van der Waals surface area contributed by atoms with Crippen LogP contribution in [0.5, 0.6) is 0 Å². The van der Waals surface area contributed by atoms with E-state index >= 15 is 0 Å². The first kappa shape index (κ1) is 18.2. The second kappa shape index (κ2) is 8.19. The van der Waals surface area contributed by atoms with Crippen molar-refractivity contribution in [3.63, 3.8) is 0 Å². The molecule has 0 saturated heterocycles. The molecule has 0 aromatic heterocycles. The monoisotopic (exact) mass is 361 g/mol. The van der Waals surface area contributed by atoms with Crippen LogP contribution in [0.1, 0.15) is 21.5 Å². The van der Waals surface area contributed by atoms with Gasteiger partial charge in [0.15, 0.2) is 0 Å². The number of carboxylic acids is 1. The first-order chi connectivity index (χ1) is 13.0. The first-order valence-electron chi connectivity index (χ1n) is 8.45. The smallest absolute Gasteiger partial charge is 0.411 e. The van der Waals surface area contributed by atoms with Gasteiger partial charge in [0.05, 0.1) is 5.56 Å². The van der Waals surface area contributed by atoms with Crippen molar-refractivity contribution < 1.29 is 19.4 Å². The van der Waals surface area contributed by atoms with Gasteiger partial charge in [0, 0.05) is 5.69 Å². The minimum absolute atomic E-state index is 0.191. The van der Waals surface area contributed by atoms with E-state index in [9.17, 15) is 14.7 Å². The van der Waals surface area contributed by atoms with Crippen molar-refractivity contribution in [3.8, 4) is 11.1 Å². The zero-order valence-corrected chi connectivity index (χ0v) is 14.8. The number of aryl methyl sites for hydroxylation is 1. The van der Waals surface area contributed by atoms with Gasteiger partial charge in [-0.1, -0.05) is 60.2 Å². The number of benzene rings is 3. The second-order valence-corrected chi connectivity index (χ2v) is 6.12. The fraction of sp³-hybridized carbons (Fsp3) is 0.0909. The van der Waals surface area contributed by atoms with Crippen LogP contribution in [0.15, 0.2) is 72.8 Å². The maximum absolute atomic E-state index is 11.9. The van der Waals surface area contributed by atoms with Gasteiger partial charge in [0.1, 0.15) is 6.61 Å². The van der Waals surface area contributed by atoms with Crippen molar-refractivity contribution in [2.45, 2.75) is 13.5 Å². The number of aromatic carboxylic acids is 1. The van der Waals surface area contributed by atoms with Crippen LogP contribution in [0.25, 0.3) is 11.1 Å². The van der Waals surface area contributed by atoms with Crippen LogP contribution in [0.2, 0.25) is 0 Å². The Balaban J connectivity index is 1.67. The number of nitrogens with one attached hydrogen (secondary N) is 1. The zero-order valence-electron chi connectivity index (χ0n) is 14.8. The molecule has 0 aliphatic heterocycles.